The van der Waals surface area contributed by atoms with Crippen molar-refractivity contribution in [3.05, 3.63) is 65.7 Å². The lowest BCUT2D eigenvalue weighted by Crippen LogP contribution is -2.36. The van der Waals surface area contributed by atoms with Gasteiger partial charge < -0.3 is 9.84 Å². The fourth-order valence-corrected chi connectivity index (χ4v) is 7.99. The van der Waals surface area contributed by atoms with Gasteiger partial charge in [-0.3, -0.25) is 9.11 Å². The summed E-state index contributed by atoms with van der Waals surface area (Å²) in [5.74, 6) is -3.02. The van der Waals surface area contributed by atoms with Crippen LogP contribution in [0.15, 0.2) is 64.3 Å². The van der Waals surface area contributed by atoms with E-state index in [9.17, 15) is 18.3 Å². The number of aliphatic carboxylic acids is 1. The SMILES string of the molecule is CCCCC1(CC)CC(c2ccccc2)c2cc(SC)c(O/C=C(\F)C(=O)O)cc2S(O)(O)C1C. The van der Waals surface area contributed by atoms with Crippen LogP contribution in [0, 0.1) is 5.41 Å². The summed E-state index contributed by atoms with van der Waals surface area (Å²) in [4.78, 5) is 11.9. The average molecular weight is 523 g/mol. The van der Waals surface area contributed by atoms with E-state index in [1.165, 1.54) is 11.8 Å². The second-order valence-electron chi connectivity index (χ2n) is 9.15. The van der Waals surface area contributed by atoms with Gasteiger partial charge in [0.25, 0.3) is 0 Å². The van der Waals surface area contributed by atoms with E-state index in [1.807, 2.05) is 37.4 Å². The molecule has 192 valence electrons. The molecule has 0 amide bonds. The number of hydrogen-bond acceptors (Lipinski definition) is 5. The van der Waals surface area contributed by atoms with E-state index in [2.05, 4.69) is 26.0 Å². The molecule has 1 aliphatic rings. The first-order valence-electron chi connectivity index (χ1n) is 11.9. The number of fused-ring (bicyclic) bond motifs is 1. The molecule has 2 aromatic carbocycles. The van der Waals surface area contributed by atoms with Crippen LogP contribution in [0.5, 0.6) is 5.75 Å². The molecule has 8 heteroatoms. The summed E-state index contributed by atoms with van der Waals surface area (Å²) >= 11 is 1.37. The Bertz CT molecular complexity index is 1070. The topological polar surface area (TPSA) is 87.0 Å². The number of thioether (sulfide) groups is 1. The monoisotopic (exact) mass is 522 g/mol. The van der Waals surface area contributed by atoms with E-state index >= 15 is 0 Å². The summed E-state index contributed by atoms with van der Waals surface area (Å²) in [5, 5.41) is 8.44. The fraction of sp³-hybridized carbons (Fsp3) is 0.444. The Morgan fingerprint density at radius 3 is 2.51 bits per heavy atom. The number of halogens is 1. The van der Waals surface area contributed by atoms with Crippen LogP contribution in [-0.4, -0.2) is 31.7 Å². The highest BCUT2D eigenvalue weighted by molar-refractivity contribution is 8.25. The lowest BCUT2D eigenvalue weighted by molar-refractivity contribution is -0.134. The van der Waals surface area contributed by atoms with Gasteiger partial charge in [-0.2, -0.15) is 15.0 Å². The van der Waals surface area contributed by atoms with Crippen LogP contribution >= 0.6 is 22.4 Å². The van der Waals surface area contributed by atoms with Crippen molar-refractivity contribution >= 4 is 28.3 Å². The Hall–Kier alpha value is -2.00. The van der Waals surface area contributed by atoms with Crippen molar-refractivity contribution in [2.75, 3.05) is 6.26 Å². The summed E-state index contributed by atoms with van der Waals surface area (Å²) < 4.78 is 42.6. The van der Waals surface area contributed by atoms with Crippen molar-refractivity contribution in [1.29, 1.82) is 0 Å². The highest BCUT2D eigenvalue weighted by Crippen LogP contribution is 2.67. The maximum atomic E-state index is 13.7. The molecular formula is C27H35FO5S2. The Balaban J connectivity index is 2.27. The van der Waals surface area contributed by atoms with Crippen LogP contribution < -0.4 is 4.74 Å². The molecule has 3 unspecified atom stereocenters. The molecule has 0 bridgehead atoms. The number of carbonyl (C=O) groups is 1. The minimum atomic E-state index is -3.27. The van der Waals surface area contributed by atoms with Crippen molar-refractivity contribution in [3.8, 4) is 5.75 Å². The molecule has 0 spiro atoms. The van der Waals surface area contributed by atoms with Crippen LogP contribution in [0.3, 0.4) is 0 Å². The first kappa shape index (κ1) is 27.6. The van der Waals surface area contributed by atoms with Gasteiger partial charge in [0, 0.05) is 12.0 Å². The summed E-state index contributed by atoms with van der Waals surface area (Å²) in [7, 11) is -3.27. The minimum Gasteiger partial charge on any atom is -0.476 e. The highest BCUT2D eigenvalue weighted by atomic mass is 32.3. The minimum absolute atomic E-state index is 0.0645. The first-order chi connectivity index (χ1) is 16.6. The zero-order valence-electron chi connectivity index (χ0n) is 20.7. The Morgan fingerprint density at radius 2 is 1.94 bits per heavy atom. The summed E-state index contributed by atoms with van der Waals surface area (Å²) in [5.41, 5.74) is 1.64. The molecule has 3 N–H and O–H groups in total. The molecule has 0 fully saturated rings. The molecule has 1 aliphatic heterocycles. The van der Waals surface area contributed by atoms with Crippen LogP contribution in [0.2, 0.25) is 0 Å². The molecule has 0 aliphatic carbocycles. The van der Waals surface area contributed by atoms with Crippen molar-refractivity contribution in [3.63, 3.8) is 0 Å². The molecule has 5 nitrogen and oxygen atoms in total. The van der Waals surface area contributed by atoms with Crippen LogP contribution in [0.25, 0.3) is 0 Å². The van der Waals surface area contributed by atoms with Crippen LogP contribution in [0.1, 0.15) is 69.9 Å². The number of rotatable bonds is 9. The van der Waals surface area contributed by atoms with Crippen molar-refractivity contribution in [2.24, 2.45) is 5.41 Å². The molecular weight excluding hydrogens is 487 g/mol. The molecule has 0 saturated heterocycles. The van der Waals surface area contributed by atoms with Gasteiger partial charge in [0.15, 0.2) is 0 Å². The van der Waals surface area contributed by atoms with Crippen molar-refractivity contribution in [1.82, 2.24) is 0 Å². The van der Waals surface area contributed by atoms with E-state index in [0.717, 1.165) is 43.2 Å². The third-order valence-corrected chi connectivity index (χ3v) is 10.6. The summed E-state index contributed by atoms with van der Waals surface area (Å²) in [6.45, 7) is 6.20. The van der Waals surface area contributed by atoms with E-state index < -0.39 is 27.6 Å². The van der Waals surface area contributed by atoms with Gasteiger partial charge in [-0.05, 0) is 55.1 Å². The molecule has 3 rings (SSSR count). The third-order valence-electron chi connectivity index (χ3n) is 7.39. The normalized spacial score (nSPS) is 24.8. The maximum absolute atomic E-state index is 13.7. The van der Waals surface area contributed by atoms with Gasteiger partial charge in [0.2, 0.25) is 5.83 Å². The molecule has 0 radical (unpaired) electrons. The van der Waals surface area contributed by atoms with Gasteiger partial charge >= 0.3 is 5.97 Å². The van der Waals surface area contributed by atoms with Gasteiger partial charge in [0.05, 0.1) is 15.0 Å². The quantitative estimate of drug-likeness (QED) is 0.174. The lowest BCUT2D eigenvalue weighted by Gasteiger charge is -2.48. The Labute approximate surface area is 213 Å². The molecule has 35 heavy (non-hydrogen) atoms. The number of unbranched alkanes of at least 4 members (excludes halogenated alkanes) is 1. The van der Waals surface area contributed by atoms with Gasteiger partial charge in [-0.25, -0.2) is 4.79 Å². The van der Waals surface area contributed by atoms with E-state index in [0.29, 0.717) is 16.1 Å². The zero-order chi connectivity index (χ0) is 25.8. The largest absolute Gasteiger partial charge is 0.476 e. The lowest BCUT2D eigenvalue weighted by atomic mass is 9.69. The molecule has 1 heterocycles. The Kier molecular flexibility index (Phi) is 8.96. The molecule has 0 aromatic heterocycles. The predicted octanol–water partition coefficient (Wildman–Crippen LogP) is 8.30. The van der Waals surface area contributed by atoms with E-state index in [-0.39, 0.29) is 17.1 Å². The predicted molar refractivity (Wildman–Crippen MR) is 141 cm³/mol. The van der Waals surface area contributed by atoms with Crippen LogP contribution in [0.4, 0.5) is 4.39 Å². The third kappa shape index (κ3) is 5.56. The summed E-state index contributed by atoms with van der Waals surface area (Å²) in [6, 6.07) is 13.6. The van der Waals surface area contributed by atoms with Gasteiger partial charge in [0.1, 0.15) is 12.0 Å². The number of benzene rings is 2. The first-order valence-corrected chi connectivity index (χ1v) is 14.7. The Morgan fingerprint density at radius 1 is 1.26 bits per heavy atom. The van der Waals surface area contributed by atoms with Crippen molar-refractivity contribution < 1.29 is 28.1 Å². The average Bonchev–Trinajstić information content (AvgIpc) is 2.93. The van der Waals surface area contributed by atoms with E-state index in [4.69, 9.17) is 9.84 Å². The zero-order valence-corrected chi connectivity index (χ0v) is 22.3. The van der Waals surface area contributed by atoms with Crippen molar-refractivity contribution in [2.45, 2.75) is 73.8 Å². The molecule has 2 aromatic rings. The second-order valence-corrected chi connectivity index (χ2v) is 12.3. The van der Waals surface area contributed by atoms with Gasteiger partial charge in [-0.15, -0.1) is 11.8 Å². The van der Waals surface area contributed by atoms with Gasteiger partial charge in [-0.1, -0.05) is 57.0 Å². The summed E-state index contributed by atoms with van der Waals surface area (Å²) in [6.07, 6.45) is 6.88. The highest BCUT2D eigenvalue weighted by Gasteiger charge is 2.48. The molecule has 3 atom stereocenters. The smallest absolute Gasteiger partial charge is 0.368 e. The molecule has 0 saturated carbocycles. The second kappa shape index (κ2) is 11.4. The number of carboxylic acid groups (broad SMARTS) is 1. The van der Waals surface area contributed by atoms with Crippen LogP contribution in [-0.2, 0) is 4.79 Å². The number of carboxylic acids is 1. The van der Waals surface area contributed by atoms with E-state index in [1.54, 1.807) is 6.07 Å². The standard InChI is InChI=1S/C27H35FO5S2/c1-5-7-13-27(6-2)16-21(19-11-9-8-10-12-19)20-14-24(34-4)23(33-17-22(28)26(29)30)15-25(20)35(31,32)18(27)3/h8-12,14-15,17-18,21,31-32H,5-7,13,16H2,1-4H3,(H,29,30)/b22-17-. The number of ether oxygens (including phenoxy) is 1. The number of hydrogen-bond donors (Lipinski definition) is 3. The fourth-order valence-electron chi connectivity index (χ4n) is 5.15. The maximum Gasteiger partial charge on any atom is 0.368 e.